The van der Waals surface area contributed by atoms with Gasteiger partial charge in [0.15, 0.2) is 0 Å². The van der Waals surface area contributed by atoms with E-state index in [4.69, 9.17) is 0 Å². The summed E-state index contributed by atoms with van der Waals surface area (Å²) in [5.74, 6) is -0.623. The molecule has 8 heteroatoms. The SMILES string of the molecule is CCN(CCC(=O)OC)C(=O)C1CCCN1S(C)(=O)=O. The highest BCUT2D eigenvalue weighted by atomic mass is 32.2. The van der Waals surface area contributed by atoms with Gasteiger partial charge in [-0.2, -0.15) is 4.31 Å². The van der Waals surface area contributed by atoms with E-state index in [2.05, 4.69) is 4.74 Å². The van der Waals surface area contributed by atoms with Crippen LogP contribution in [0.25, 0.3) is 0 Å². The van der Waals surface area contributed by atoms with Gasteiger partial charge in [0.05, 0.1) is 19.8 Å². The van der Waals surface area contributed by atoms with Crippen molar-refractivity contribution in [1.29, 1.82) is 0 Å². The molecule has 1 aliphatic heterocycles. The van der Waals surface area contributed by atoms with Crippen molar-refractivity contribution in [3.8, 4) is 0 Å². The minimum atomic E-state index is -3.38. The van der Waals surface area contributed by atoms with Crippen LogP contribution in [-0.4, -0.2) is 68.5 Å². The summed E-state index contributed by atoms with van der Waals surface area (Å²) in [5.41, 5.74) is 0. The number of carbonyl (C=O) groups excluding carboxylic acids is 2. The first-order chi connectivity index (χ1) is 9.31. The Balaban J connectivity index is 2.73. The van der Waals surface area contributed by atoms with Crippen LogP contribution >= 0.6 is 0 Å². The number of hydrogen-bond acceptors (Lipinski definition) is 5. The summed E-state index contributed by atoms with van der Waals surface area (Å²) < 4.78 is 29.1. The topological polar surface area (TPSA) is 84.0 Å². The highest BCUT2D eigenvalue weighted by Gasteiger charge is 2.38. The minimum Gasteiger partial charge on any atom is -0.469 e. The minimum absolute atomic E-state index is 0.113. The van der Waals surface area contributed by atoms with E-state index < -0.39 is 16.1 Å². The molecule has 0 aliphatic carbocycles. The van der Waals surface area contributed by atoms with Crippen molar-refractivity contribution in [1.82, 2.24) is 9.21 Å². The quantitative estimate of drug-likeness (QED) is 0.636. The Labute approximate surface area is 119 Å². The molecule has 0 bridgehead atoms. The van der Waals surface area contributed by atoms with E-state index in [-0.39, 0.29) is 24.8 Å². The number of carbonyl (C=O) groups is 2. The first-order valence-electron chi connectivity index (χ1n) is 6.63. The van der Waals surface area contributed by atoms with Crippen LogP contribution in [0.15, 0.2) is 0 Å². The zero-order valence-electron chi connectivity index (χ0n) is 12.2. The van der Waals surface area contributed by atoms with Crippen LogP contribution in [0.5, 0.6) is 0 Å². The Morgan fingerprint density at radius 2 is 2.05 bits per heavy atom. The molecule has 0 aromatic carbocycles. The molecule has 20 heavy (non-hydrogen) atoms. The highest BCUT2D eigenvalue weighted by Crippen LogP contribution is 2.22. The van der Waals surface area contributed by atoms with Crippen molar-refractivity contribution in [3.63, 3.8) is 0 Å². The van der Waals surface area contributed by atoms with Gasteiger partial charge in [-0.1, -0.05) is 0 Å². The second-order valence-corrected chi connectivity index (χ2v) is 6.71. The number of nitrogens with zero attached hydrogens (tertiary/aromatic N) is 2. The van der Waals surface area contributed by atoms with Crippen LogP contribution in [0.3, 0.4) is 0 Å². The van der Waals surface area contributed by atoms with E-state index in [1.54, 1.807) is 6.92 Å². The zero-order valence-corrected chi connectivity index (χ0v) is 13.0. The fourth-order valence-corrected chi connectivity index (χ4v) is 3.47. The van der Waals surface area contributed by atoms with Crippen LogP contribution in [0.1, 0.15) is 26.2 Å². The Morgan fingerprint density at radius 1 is 1.40 bits per heavy atom. The number of hydrogen-bond donors (Lipinski definition) is 0. The van der Waals surface area contributed by atoms with E-state index in [0.717, 1.165) is 6.26 Å². The van der Waals surface area contributed by atoms with Gasteiger partial charge in [0.25, 0.3) is 0 Å². The lowest BCUT2D eigenvalue weighted by Crippen LogP contribution is -2.47. The van der Waals surface area contributed by atoms with Crippen molar-refractivity contribution >= 4 is 21.9 Å². The fraction of sp³-hybridized carbons (Fsp3) is 0.833. The fourth-order valence-electron chi connectivity index (χ4n) is 2.35. The third-order valence-corrected chi connectivity index (χ3v) is 4.71. The first-order valence-corrected chi connectivity index (χ1v) is 8.48. The third-order valence-electron chi connectivity index (χ3n) is 3.42. The predicted molar refractivity (Wildman–Crippen MR) is 73.5 cm³/mol. The lowest BCUT2D eigenvalue weighted by Gasteiger charge is -2.28. The van der Waals surface area contributed by atoms with Gasteiger partial charge in [0.1, 0.15) is 6.04 Å². The number of amides is 1. The summed E-state index contributed by atoms with van der Waals surface area (Å²) in [6.45, 7) is 2.86. The number of ether oxygens (including phenoxy) is 1. The Kier molecular flexibility index (Phi) is 5.94. The number of esters is 1. The normalized spacial score (nSPS) is 19.9. The van der Waals surface area contributed by atoms with Gasteiger partial charge in [-0.3, -0.25) is 9.59 Å². The summed E-state index contributed by atoms with van der Waals surface area (Å²) in [6.07, 6.45) is 2.43. The average Bonchev–Trinajstić information content (AvgIpc) is 2.87. The van der Waals surface area contributed by atoms with Crippen LogP contribution in [0.4, 0.5) is 0 Å². The summed E-state index contributed by atoms with van der Waals surface area (Å²) >= 11 is 0. The van der Waals surface area contributed by atoms with Gasteiger partial charge in [-0.25, -0.2) is 8.42 Å². The largest absolute Gasteiger partial charge is 0.469 e. The van der Waals surface area contributed by atoms with Crippen LogP contribution in [-0.2, 0) is 24.3 Å². The maximum absolute atomic E-state index is 12.4. The molecule has 1 fully saturated rings. The van der Waals surface area contributed by atoms with E-state index in [0.29, 0.717) is 25.9 Å². The first kappa shape index (κ1) is 16.9. The Morgan fingerprint density at radius 3 is 2.55 bits per heavy atom. The van der Waals surface area contributed by atoms with Crippen molar-refractivity contribution in [2.75, 3.05) is 33.0 Å². The second-order valence-electron chi connectivity index (χ2n) is 4.78. The molecule has 0 aromatic heterocycles. The maximum atomic E-state index is 12.4. The molecule has 7 nitrogen and oxygen atoms in total. The average molecular weight is 306 g/mol. The molecule has 1 amide bonds. The number of methoxy groups -OCH3 is 1. The monoisotopic (exact) mass is 306 g/mol. The summed E-state index contributed by atoms with van der Waals surface area (Å²) in [5, 5.41) is 0. The van der Waals surface area contributed by atoms with Crippen LogP contribution < -0.4 is 0 Å². The van der Waals surface area contributed by atoms with Gasteiger partial charge in [-0.05, 0) is 19.8 Å². The molecule has 0 N–H and O–H groups in total. The molecule has 1 atom stereocenters. The molecular formula is C12H22N2O5S. The smallest absolute Gasteiger partial charge is 0.307 e. The molecule has 1 rings (SSSR count). The zero-order chi connectivity index (χ0) is 15.3. The lowest BCUT2D eigenvalue weighted by atomic mass is 10.2. The van der Waals surface area contributed by atoms with Crippen molar-refractivity contribution in [2.24, 2.45) is 0 Å². The number of likely N-dealkylation sites (N-methyl/N-ethyl adjacent to an activating group) is 1. The molecule has 1 heterocycles. The van der Waals surface area contributed by atoms with E-state index in [9.17, 15) is 18.0 Å². The second kappa shape index (κ2) is 7.03. The molecule has 1 saturated heterocycles. The van der Waals surface area contributed by atoms with Gasteiger partial charge in [0.2, 0.25) is 15.9 Å². The lowest BCUT2D eigenvalue weighted by molar-refractivity contribution is -0.142. The van der Waals surface area contributed by atoms with E-state index in [1.807, 2.05) is 0 Å². The third kappa shape index (κ3) is 4.17. The molecule has 0 radical (unpaired) electrons. The number of sulfonamides is 1. The van der Waals surface area contributed by atoms with Crippen LogP contribution in [0.2, 0.25) is 0 Å². The molecule has 0 spiro atoms. The van der Waals surface area contributed by atoms with E-state index in [1.165, 1.54) is 16.3 Å². The highest BCUT2D eigenvalue weighted by molar-refractivity contribution is 7.88. The molecule has 116 valence electrons. The molecular weight excluding hydrogens is 284 g/mol. The molecule has 0 aromatic rings. The predicted octanol–water partition coefficient (Wildman–Crippen LogP) is -0.178. The van der Waals surface area contributed by atoms with Gasteiger partial charge >= 0.3 is 5.97 Å². The standard InChI is InChI=1S/C12H22N2O5S/c1-4-13(9-7-11(15)19-2)12(16)10-6-5-8-14(10)20(3,17)18/h10H,4-9H2,1-3H3. The van der Waals surface area contributed by atoms with Crippen LogP contribution in [0, 0.1) is 0 Å². The maximum Gasteiger partial charge on any atom is 0.307 e. The summed E-state index contributed by atoms with van der Waals surface area (Å²) in [7, 11) is -2.09. The summed E-state index contributed by atoms with van der Waals surface area (Å²) in [4.78, 5) is 25.0. The molecule has 1 unspecified atom stereocenters. The van der Waals surface area contributed by atoms with Crippen molar-refractivity contribution in [2.45, 2.75) is 32.2 Å². The summed E-state index contributed by atoms with van der Waals surface area (Å²) in [6, 6.07) is -0.636. The van der Waals surface area contributed by atoms with Gasteiger partial charge in [0, 0.05) is 19.6 Å². The van der Waals surface area contributed by atoms with E-state index >= 15 is 0 Å². The number of rotatable bonds is 6. The van der Waals surface area contributed by atoms with Gasteiger partial charge in [-0.15, -0.1) is 0 Å². The Hall–Kier alpha value is -1.15. The van der Waals surface area contributed by atoms with Gasteiger partial charge < -0.3 is 9.64 Å². The molecule has 1 aliphatic rings. The Bertz CT molecular complexity index is 462. The molecule has 0 saturated carbocycles. The van der Waals surface area contributed by atoms with Crippen molar-refractivity contribution in [3.05, 3.63) is 0 Å². The van der Waals surface area contributed by atoms with Crippen molar-refractivity contribution < 1.29 is 22.7 Å².